The summed E-state index contributed by atoms with van der Waals surface area (Å²) >= 11 is 0. The fourth-order valence-electron chi connectivity index (χ4n) is 10.1. The van der Waals surface area contributed by atoms with Crippen molar-refractivity contribution < 1.29 is 51.5 Å². The molecule has 7 rings (SSSR count). The van der Waals surface area contributed by atoms with E-state index in [1.165, 1.54) is 13.0 Å². The van der Waals surface area contributed by atoms with E-state index in [1.807, 2.05) is 56.3 Å². The molecule has 3 N–H and O–H groups in total. The third-order valence-electron chi connectivity index (χ3n) is 12.8. The van der Waals surface area contributed by atoms with E-state index < -0.39 is 52.8 Å². The molecule has 0 aromatic heterocycles. The van der Waals surface area contributed by atoms with Gasteiger partial charge in [-0.3, -0.25) is 0 Å². The van der Waals surface area contributed by atoms with Gasteiger partial charge in [0.05, 0.1) is 24.4 Å². The summed E-state index contributed by atoms with van der Waals surface area (Å²) in [6, 6.07) is 14.4. The van der Waals surface area contributed by atoms with Crippen LogP contribution in [-0.4, -0.2) is 63.6 Å². The predicted octanol–water partition coefficient (Wildman–Crippen LogP) is 8.78. The minimum Gasteiger partial charge on any atom is -0.478 e. The van der Waals surface area contributed by atoms with Gasteiger partial charge in [-0.05, 0) is 84.8 Å². The summed E-state index contributed by atoms with van der Waals surface area (Å²) in [4.78, 5) is 11.4. The van der Waals surface area contributed by atoms with Crippen molar-refractivity contribution in [1.29, 1.82) is 0 Å². The van der Waals surface area contributed by atoms with Crippen LogP contribution in [0.15, 0.2) is 59.7 Å². The van der Waals surface area contributed by atoms with Crippen molar-refractivity contribution in [2.24, 2.45) is 22.7 Å². The van der Waals surface area contributed by atoms with E-state index in [4.69, 9.17) is 9.47 Å². The minimum atomic E-state index is -5.88. The second-order valence-corrected chi connectivity index (χ2v) is 16.6. The molecule has 1 saturated heterocycles. The van der Waals surface area contributed by atoms with Crippen molar-refractivity contribution in [2.75, 3.05) is 13.2 Å². The van der Waals surface area contributed by atoms with Gasteiger partial charge >= 0.3 is 18.1 Å². The van der Waals surface area contributed by atoms with E-state index in [2.05, 4.69) is 0 Å². The molecular formula is C40H45F5O6. The highest BCUT2D eigenvalue weighted by Crippen LogP contribution is 2.70. The molecule has 276 valence electrons. The number of aromatic carboxylic acids is 1. The maximum Gasteiger partial charge on any atom is 0.456 e. The molecule has 3 saturated carbocycles. The van der Waals surface area contributed by atoms with Crippen LogP contribution in [0, 0.1) is 22.7 Å². The fraction of sp³-hybridized carbons (Fsp3) is 0.575. The van der Waals surface area contributed by atoms with Gasteiger partial charge in [0.2, 0.25) is 0 Å². The number of hydrogen-bond donors (Lipinski definition) is 3. The molecule has 4 aliphatic carbocycles. The van der Waals surface area contributed by atoms with E-state index in [1.54, 1.807) is 12.1 Å². The summed E-state index contributed by atoms with van der Waals surface area (Å²) in [6.45, 7) is 6.35. The van der Waals surface area contributed by atoms with Gasteiger partial charge < -0.3 is 24.8 Å². The van der Waals surface area contributed by atoms with Gasteiger partial charge in [0, 0.05) is 29.6 Å². The zero-order valence-corrected chi connectivity index (χ0v) is 29.0. The van der Waals surface area contributed by atoms with E-state index in [-0.39, 0.29) is 54.9 Å². The first kappa shape index (κ1) is 36.2. The molecule has 11 heteroatoms. The van der Waals surface area contributed by atoms with Gasteiger partial charge in [-0.2, -0.15) is 22.0 Å². The Morgan fingerprint density at radius 1 is 0.882 bits per heavy atom. The zero-order chi connectivity index (χ0) is 36.8. The van der Waals surface area contributed by atoms with Crippen LogP contribution in [0.1, 0.15) is 105 Å². The molecule has 6 nitrogen and oxygen atoms in total. The van der Waals surface area contributed by atoms with E-state index in [0.717, 1.165) is 27.8 Å². The normalized spacial score (nSPS) is 34.7. The first-order valence-corrected chi connectivity index (χ1v) is 17.8. The largest absolute Gasteiger partial charge is 0.478 e. The van der Waals surface area contributed by atoms with Crippen LogP contribution in [0.4, 0.5) is 22.0 Å². The van der Waals surface area contributed by atoms with Crippen LogP contribution in [0.5, 0.6) is 0 Å². The highest BCUT2D eigenvalue weighted by Gasteiger charge is 2.78. The Labute approximate surface area is 294 Å². The van der Waals surface area contributed by atoms with Crippen molar-refractivity contribution in [2.45, 2.75) is 107 Å². The van der Waals surface area contributed by atoms with Gasteiger partial charge in [-0.1, -0.05) is 74.9 Å². The van der Waals surface area contributed by atoms with E-state index >= 15 is 8.78 Å². The lowest BCUT2D eigenvalue weighted by Crippen LogP contribution is -2.65. The number of hydrogen-bond acceptors (Lipinski definition) is 5. The number of ether oxygens (including phenoxy) is 2. The van der Waals surface area contributed by atoms with Crippen molar-refractivity contribution in [3.63, 3.8) is 0 Å². The Balaban J connectivity index is 1.26. The number of carboxylic acid groups (broad SMARTS) is 1. The van der Waals surface area contributed by atoms with Gasteiger partial charge in [0.1, 0.15) is 5.60 Å². The second kappa shape index (κ2) is 11.9. The Hall–Kier alpha value is -3.12. The highest BCUT2D eigenvalue weighted by atomic mass is 19.4. The summed E-state index contributed by atoms with van der Waals surface area (Å²) in [5.41, 5.74) is -2.11. The number of fused-ring (bicyclic) bond motifs is 4. The van der Waals surface area contributed by atoms with Crippen LogP contribution < -0.4 is 0 Å². The molecular weight excluding hydrogens is 671 g/mol. The number of benzene rings is 2. The summed E-state index contributed by atoms with van der Waals surface area (Å²) < 4.78 is 84.3. The van der Waals surface area contributed by atoms with Crippen molar-refractivity contribution in [3.8, 4) is 0 Å². The first-order valence-electron chi connectivity index (χ1n) is 17.8. The number of alkyl halides is 5. The smallest absolute Gasteiger partial charge is 0.456 e. The van der Waals surface area contributed by atoms with Crippen LogP contribution in [0.2, 0.25) is 0 Å². The number of carboxylic acids is 1. The molecule has 5 aliphatic rings. The fourth-order valence-corrected chi connectivity index (χ4v) is 10.1. The summed E-state index contributed by atoms with van der Waals surface area (Å²) in [5, 5.41) is 33.2. The molecule has 0 bridgehead atoms. The maximum atomic E-state index is 15.1. The molecule has 4 fully saturated rings. The zero-order valence-electron chi connectivity index (χ0n) is 29.0. The molecule has 51 heavy (non-hydrogen) atoms. The molecule has 1 spiro atoms. The van der Waals surface area contributed by atoms with E-state index in [9.17, 15) is 33.3 Å². The van der Waals surface area contributed by atoms with E-state index in [0.29, 0.717) is 26.1 Å². The molecule has 2 aromatic rings. The third-order valence-corrected chi connectivity index (χ3v) is 12.8. The second-order valence-electron chi connectivity index (χ2n) is 16.6. The number of rotatable bonds is 5. The number of carbonyl (C=O) groups is 1. The maximum absolute atomic E-state index is 15.1. The number of allylic oxidation sites excluding steroid dienone is 1. The quantitative estimate of drug-likeness (QED) is 0.163. The monoisotopic (exact) mass is 716 g/mol. The lowest BCUT2D eigenvalue weighted by molar-refractivity contribution is -0.362. The van der Waals surface area contributed by atoms with Crippen LogP contribution >= 0.6 is 0 Å². The predicted molar refractivity (Wildman–Crippen MR) is 180 cm³/mol. The number of aliphatic hydroxyl groups is 2. The van der Waals surface area contributed by atoms with Crippen molar-refractivity contribution >= 4 is 18.1 Å². The molecule has 0 amide bonds. The van der Waals surface area contributed by atoms with Gasteiger partial charge in [0.25, 0.3) is 0 Å². The van der Waals surface area contributed by atoms with Crippen molar-refractivity contribution in [1.82, 2.24) is 0 Å². The van der Waals surface area contributed by atoms with Crippen LogP contribution in [0.3, 0.4) is 0 Å². The summed E-state index contributed by atoms with van der Waals surface area (Å²) in [7, 11) is 0. The summed E-state index contributed by atoms with van der Waals surface area (Å²) in [6.07, 6.45) is -1.43. The number of halogens is 5. The lowest BCUT2D eigenvalue weighted by Gasteiger charge is -2.59. The average molecular weight is 717 g/mol. The molecule has 2 aromatic carbocycles. The minimum absolute atomic E-state index is 0.0326. The molecule has 1 unspecified atom stereocenters. The Bertz CT molecular complexity index is 1750. The van der Waals surface area contributed by atoms with Gasteiger partial charge in [0.15, 0.2) is 5.79 Å². The van der Waals surface area contributed by atoms with Crippen LogP contribution in [0.25, 0.3) is 12.2 Å². The lowest BCUT2D eigenvalue weighted by atomic mass is 9.51. The molecule has 1 aliphatic heterocycles. The topological polar surface area (TPSA) is 96.2 Å². The molecule has 0 radical (unpaired) electrons. The van der Waals surface area contributed by atoms with Crippen molar-refractivity contribution in [3.05, 3.63) is 81.9 Å². The SMILES string of the molecule is CC1(C)COC2(CC(c3ccc(/C=C/c4cccc(C(=O)O)c4)cc3)C3=C4CC[C@@]5(C)[C@@H](CC[C@@]5(O)C(F)(F)C(F)(F)F)[C@@H]4CC[C@@]3(O)C2)OC1. The Morgan fingerprint density at radius 2 is 1.55 bits per heavy atom. The average Bonchev–Trinajstić information content (AvgIpc) is 3.36. The van der Waals surface area contributed by atoms with Gasteiger partial charge in [-0.15, -0.1) is 0 Å². The Kier molecular flexibility index (Phi) is 8.49. The third kappa shape index (κ3) is 5.77. The summed E-state index contributed by atoms with van der Waals surface area (Å²) in [5.74, 6) is -8.69. The molecule has 6 atom stereocenters. The highest BCUT2D eigenvalue weighted by molar-refractivity contribution is 5.88. The molecule has 1 heterocycles. The standard InChI is InChI=1S/C40H45F5O6/c1-34(2)22-50-37(51-23-34)20-30(26-11-9-24(10-12-26)7-8-25-5-4-6-27(19-25)33(46)47)32-29-13-16-35(3)31(28(29)14-17-36(32,48)21-37)15-18-38(35,49)39(41,42)40(43,44)45/h4-12,19,28,30-31,48-49H,13-18,20-23H2,1-3H3,(H,46,47)/b8-7+/t28-,30?,31+,35+,36-,38+/m1/s1. The van der Waals surface area contributed by atoms with Gasteiger partial charge in [-0.25, -0.2) is 4.79 Å². The van der Waals surface area contributed by atoms with Crippen LogP contribution in [-0.2, 0) is 9.47 Å². The first-order chi connectivity index (χ1) is 23.7. The Morgan fingerprint density at radius 3 is 2.20 bits per heavy atom.